The van der Waals surface area contributed by atoms with Crippen molar-refractivity contribution in [2.45, 2.75) is 24.9 Å². The number of halogens is 3. The van der Waals surface area contributed by atoms with Crippen molar-refractivity contribution < 1.29 is 13.2 Å². The van der Waals surface area contributed by atoms with E-state index in [1.165, 1.54) is 29.5 Å². The van der Waals surface area contributed by atoms with Crippen molar-refractivity contribution in [1.29, 1.82) is 0 Å². The first-order valence-electron chi connectivity index (χ1n) is 9.04. The summed E-state index contributed by atoms with van der Waals surface area (Å²) in [5.41, 5.74) is 3.56. The molecule has 0 aliphatic heterocycles. The second-order valence-corrected chi connectivity index (χ2v) is 7.62. The molecule has 0 bridgehead atoms. The van der Waals surface area contributed by atoms with Gasteiger partial charge < -0.3 is 0 Å². The third-order valence-electron chi connectivity index (χ3n) is 4.21. The predicted molar refractivity (Wildman–Crippen MR) is 115 cm³/mol. The van der Waals surface area contributed by atoms with E-state index >= 15 is 0 Å². The highest BCUT2D eigenvalue weighted by Gasteiger charge is 2.30. The molecule has 0 saturated carbocycles. The van der Waals surface area contributed by atoms with Crippen molar-refractivity contribution >= 4 is 23.2 Å². The van der Waals surface area contributed by atoms with Crippen molar-refractivity contribution in [3.8, 4) is 0 Å². The van der Waals surface area contributed by atoms with E-state index in [-0.39, 0.29) is 0 Å². The average molecular weight is 411 g/mol. The highest BCUT2D eigenvalue weighted by molar-refractivity contribution is 8.02. The van der Waals surface area contributed by atoms with E-state index in [1.54, 1.807) is 0 Å². The molecule has 5 heteroatoms. The summed E-state index contributed by atoms with van der Waals surface area (Å²) in [4.78, 5) is 5.74. The summed E-state index contributed by atoms with van der Waals surface area (Å²) in [5.74, 6) is 0. The number of hydrogen-bond donors (Lipinski definition) is 0. The number of benzene rings is 3. The highest BCUT2D eigenvalue weighted by atomic mass is 32.2. The Hall–Kier alpha value is -2.79. The third-order valence-corrected chi connectivity index (χ3v) is 5.03. The molecule has 0 atom stereocenters. The number of allylic oxidation sites excluding steroid dienone is 1. The van der Waals surface area contributed by atoms with Gasteiger partial charge in [0, 0.05) is 10.5 Å². The summed E-state index contributed by atoms with van der Waals surface area (Å²) >= 11 is 1.53. The fraction of sp³-hybridized carbons (Fsp3) is 0.125. The number of nitrogens with zero attached hydrogens (tertiary/aromatic N) is 1. The van der Waals surface area contributed by atoms with E-state index in [0.717, 1.165) is 28.3 Å². The maximum Gasteiger partial charge on any atom is 0.416 e. The second kappa shape index (κ2) is 9.14. The lowest BCUT2D eigenvalue weighted by Crippen LogP contribution is -2.05. The molecule has 3 rings (SSSR count). The van der Waals surface area contributed by atoms with Crippen molar-refractivity contribution in [3.63, 3.8) is 0 Å². The van der Waals surface area contributed by atoms with Crippen LogP contribution in [-0.2, 0) is 6.18 Å². The molecule has 0 amide bonds. The zero-order valence-corrected chi connectivity index (χ0v) is 16.9. The van der Waals surface area contributed by atoms with E-state index in [1.807, 2.05) is 73.9 Å². The topological polar surface area (TPSA) is 12.4 Å². The van der Waals surface area contributed by atoms with Gasteiger partial charge in [0.15, 0.2) is 0 Å². The molecule has 3 aromatic carbocycles. The minimum Gasteiger partial charge on any atom is -0.248 e. The quantitative estimate of drug-likeness (QED) is 0.309. The zero-order valence-electron chi connectivity index (χ0n) is 16.1. The Morgan fingerprint density at radius 3 is 2.17 bits per heavy atom. The Bertz CT molecular complexity index is 1020. The van der Waals surface area contributed by atoms with Crippen LogP contribution in [0.15, 0.2) is 94.2 Å². The van der Waals surface area contributed by atoms with E-state index in [0.29, 0.717) is 11.3 Å². The molecular weight excluding hydrogens is 391 g/mol. The highest BCUT2D eigenvalue weighted by Crippen LogP contribution is 2.29. The normalized spacial score (nSPS) is 12.5. The molecule has 0 aliphatic carbocycles. The Labute approximate surface area is 173 Å². The van der Waals surface area contributed by atoms with E-state index < -0.39 is 11.7 Å². The van der Waals surface area contributed by atoms with Crippen LogP contribution in [0.4, 0.5) is 18.9 Å². The molecular formula is C24H20F3NS. The number of thioether (sulfide) groups is 1. The average Bonchev–Trinajstić information content (AvgIpc) is 2.68. The van der Waals surface area contributed by atoms with Crippen molar-refractivity contribution in [1.82, 2.24) is 0 Å². The van der Waals surface area contributed by atoms with Crippen LogP contribution < -0.4 is 0 Å². The third kappa shape index (κ3) is 6.09. The molecule has 0 fully saturated rings. The lowest BCUT2D eigenvalue weighted by Gasteiger charge is -2.08. The van der Waals surface area contributed by atoms with Gasteiger partial charge in [0.05, 0.1) is 17.0 Å². The van der Waals surface area contributed by atoms with Crippen molar-refractivity contribution in [2.75, 3.05) is 0 Å². The lowest BCUT2D eigenvalue weighted by atomic mass is 10.1. The molecule has 148 valence electrons. The van der Waals surface area contributed by atoms with Crippen LogP contribution in [0.2, 0.25) is 0 Å². The summed E-state index contributed by atoms with van der Waals surface area (Å²) in [6, 6.07) is 20.9. The molecule has 0 unspecified atom stereocenters. The van der Waals surface area contributed by atoms with Gasteiger partial charge in [-0.15, -0.1) is 0 Å². The maximum atomic E-state index is 12.9. The molecule has 0 aromatic heterocycles. The minimum atomic E-state index is -4.36. The Morgan fingerprint density at radius 1 is 0.862 bits per heavy atom. The van der Waals surface area contributed by atoms with E-state index in [2.05, 4.69) is 4.99 Å². The van der Waals surface area contributed by atoms with Gasteiger partial charge >= 0.3 is 6.18 Å². The molecule has 1 nitrogen and oxygen atoms in total. The minimum absolute atomic E-state index is 0.601. The van der Waals surface area contributed by atoms with Crippen molar-refractivity contribution in [2.24, 2.45) is 4.99 Å². The molecule has 0 radical (unpaired) electrons. The van der Waals surface area contributed by atoms with Crippen LogP contribution in [0.3, 0.4) is 0 Å². The van der Waals surface area contributed by atoms with E-state index in [9.17, 15) is 13.2 Å². The number of aryl methyl sites for hydroxylation is 2. The van der Waals surface area contributed by atoms with Gasteiger partial charge in [-0.1, -0.05) is 53.7 Å². The fourth-order valence-corrected chi connectivity index (χ4v) is 3.31. The first-order chi connectivity index (χ1) is 13.8. The summed E-state index contributed by atoms with van der Waals surface area (Å²) in [5, 5.41) is 1.90. The maximum absolute atomic E-state index is 12.9. The van der Waals surface area contributed by atoms with Crippen LogP contribution >= 0.6 is 11.8 Å². The first kappa shape index (κ1) is 20.9. The van der Waals surface area contributed by atoms with Gasteiger partial charge in [0.25, 0.3) is 0 Å². The van der Waals surface area contributed by atoms with Crippen LogP contribution in [-0.4, -0.2) is 5.71 Å². The SMILES string of the molecule is Cc1ccc(SC=CC(=Nc2cccc(C)c2)c2ccc(C(F)(F)F)cc2)cc1. The molecule has 29 heavy (non-hydrogen) atoms. The molecule has 3 aromatic rings. The van der Waals surface area contributed by atoms with E-state index in [4.69, 9.17) is 0 Å². The van der Waals surface area contributed by atoms with Gasteiger partial charge in [-0.2, -0.15) is 13.2 Å². The summed E-state index contributed by atoms with van der Waals surface area (Å²) < 4.78 is 38.6. The number of rotatable bonds is 5. The monoisotopic (exact) mass is 411 g/mol. The van der Waals surface area contributed by atoms with Crippen LogP contribution in [0.5, 0.6) is 0 Å². The fourth-order valence-electron chi connectivity index (χ4n) is 2.66. The number of hydrogen-bond acceptors (Lipinski definition) is 2. The lowest BCUT2D eigenvalue weighted by molar-refractivity contribution is -0.137. The molecule has 0 heterocycles. The number of alkyl halides is 3. The first-order valence-corrected chi connectivity index (χ1v) is 9.92. The second-order valence-electron chi connectivity index (χ2n) is 6.64. The van der Waals surface area contributed by atoms with Gasteiger partial charge in [0.1, 0.15) is 0 Å². The Kier molecular flexibility index (Phi) is 6.60. The predicted octanol–water partition coefficient (Wildman–Crippen LogP) is 7.75. The van der Waals surface area contributed by atoms with Crippen molar-refractivity contribution in [3.05, 3.63) is 107 Å². The van der Waals surface area contributed by atoms with Crippen LogP contribution in [0.1, 0.15) is 22.3 Å². The Balaban J connectivity index is 1.91. The summed E-state index contributed by atoms with van der Waals surface area (Å²) in [6.07, 6.45) is -2.53. The van der Waals surface area contributed by atoms with Gasteiger partial charge in [-0.05, 0) is 67.3 Å². The van der Waals surface area contributed by atoms with Gasteiger partial charge in [-0.25, -0.2) is 4.99 Å². The largest absolute Gasteiger partial charge is 0.416 e. The molecule has 0 spiro atoms. The summed E-state index contributed by atoms with van der Waals surface area (Å²) in [6.45, 7) is 4.00. The molecule has 0 saturated heterocycles. The van der Waals surface area contributed by atoms with Gasteiger partial charge in [0.2, 0.25) is 0 Å². The van der Waals surface area contributed by atoms with Crippen LogP contribution in [0.25, 0.3) is 0 Å². The number of aliphatic imine (C=N–C) groups is 1. The van der Waals surface area contributed by atoms with Crippen LogP contribution in [0, 0.1) is 13.8 Å². The Morgan fingerprint density at radius 2 is 1.55 bits per heavy atom. The zero-order chi connectivity index (χ0) is 20.9. The standard InChI is InChI=1S/C24H20F3NS/c1-17-6-12-22(13-7-17)29-15-14-23(28-21-5-3-4-18(2)16-21)19-8-10-20(11-9-19)24(25,26)27/h3-16H,1-2H3. The molecule has 0 aliphatic rings. The molecule has 0 N–H and O–H groups in total. The smallest absolute Gasteiger partial charge is 0.248 e. The summed E-state index contributed by atoms with van der Waals surface area (Å²) in [7, 11) is 0. The van der Waals surface area contributed by atoms with Gasteiger partial charge in [-0.3, -0.25) is 0 Å².